The highest BCUT2D eigenvalue weighted by Gasteiger charge is 2.12. The molecule has 0 saturated carbocycles. The molecular weight excluding hydrogens is 240 g/mol. The van der Waals surface area contributed by atoms with E-state index in [1.165, 1.54) is 12.0 Å². The first-order valence-corrected chi connectivity index (χ1v) is 7.07. The van der Waals surface area contributed by atoms with Gasteiger partial charge in [0.1, 0.15) is 0 Å². The van der Waals surface area contributed by atoms with Gasteiger partial charge in [0.05, 0.1) is 0 Å². The van der Waals surface area contributed by atoms with Crippen molar-refractivity contribution in [1.29, 1.82) is 0 Å². The van der Waals surface area contributed by atoms with Crippen LogP contribution >= 0.6 is 0 Å². The van der Waals surface area contributed by atoms with Crippen LogP contribution in [0.2, 0.25) is 0 Å². The van der Waals surface area contributed by atoms with Crippen LogP contribution in [0.15, 0.2) is 18.2 Å². The fourth-order valence-electron chi connectivity index (χ4n) is 2.28. The number of fused-ring (bicyclic) bond motifs is 1. The standard InChI is InChI=1S/C15H24N2O2/c1-3-12(9-16-2)10-17-7-6-13-4-5-14-15(8-13)19-11-18-14/h4-5,8,12,16-17H,3,6-7,9-11H2,1-2H3. The molecule has 1 aromatic rings. The summed E-state index contributed by atoms with van der Waals surface area (Å²) in [5.41, 5.74) is 1.29. The molecule has 0 saturated heterocycles. The first kappa shape index (κ1) is 14.2. The van der Waals surface area contributed by atoms with E-state index in [-0.39, 0.29) is 0 Å². The number of nitrogens with one attached hydrogen (secondary N) is 2. The predicted molar refractivity (Wildman–Crippen MR) is 76.8 cm³/mol. The summed E-state index contributed by atoms with van der Waals surface area (Å²) in [7, 11) is 2.01. The molecule has 2 rings (SSSR count). The molecule has 2 N–H and O–H groups in total. The molecule has 1 unspecified atom stereocenters. The third kappa shape index (κ3) is 4.11. The van der Waals surface area contributed by atoms with Gasteiger partial charge in [-0.05, 0) is 56.7 Å². The van der Waals surface area contributed by atoms with E-state index in [0.717, 1.165) is 37.6 Å². The number of hydrogen-bond donors (Lipinski definition) is 2. The maximum Gasteiger partial charge on any atom is 0.231 e. The summed E-state index contributed by atoms with van der Waals surface area (Å²) in [6, 6.07) is 6.18. The third-order valence-electron chi connectivity index (χ3n) is 3.53. The number of benzene rings is 1. The van der Waals surface area contributed by atoms with Crippen LogP contribution in [0, 0.1) is 5.92 Å². The monoisotopic (exact) mass is 264 g/mol. The Hall–Kier alpha value is -1.26. The summed E-state index contributed by atoms with van der Waals surface area (Å²) in [6.07, 6.45) is 2.23. The van der Waals surface area contributed by atoms with Gasteiger partial charge in [0.25, 0.3) is 0 Å². The van der Waals surface area contributed by atoms with Crippen LogP contribution in [0.1, 0.15) is 18.9 Å². The number of rotatable bonds is 8. The smallest absolute Gasteiger partial charge is 0.231 e. The molecular formula is C15H24N2O2. The fraction of sp³-hybridized carbons (Fsp3) is 0.600. The van der Waals surface area contributed by atoms with E-state index in [1.807, 2.05) is 13.1 Å². The second-order valence-electron chi connectivity index (χ2n) is 4.97. The summed E-state index contributed by atoms with van der Waals surface area (Å²) < 4.78 is 10.7. The zero-order valence-corrected chi connectivity index (χ0v) is 11.9. The van der Waals surface area contributed by atoms with E-state index in [9.17, 15) is 0 Å². The maximum absolute atomic E-state index is 5.38. The van der Waals surface area contributed by atoms with E-state index >= 15 is 0 Å². The number of hydrogen-bond acceptors (Lipinski definition) is 4. The lowest BCUT2D eigenvalue weighted by Gasteiger charge is -2.15. The second kappa shape index (κ2) is 7.36. The summed E-state index contributed by atoms with van der Waals surface area (Å²) in [5.74, 6) is 2.44. The van der Waals surface area contributed by atoms with E-state index in [0.29, 0.717) is 12.7 Å². The summed E-state index contributed by atoms with van der Waals surface area (Å²) in [4.78, 5) is 0. The molecule has 1 heterocycles. The normalized spacial score (nSPS) is 14.6. The van der Waals surface area contributed by atoms with Crippen molar-refractivity contribution in [3.05, 3.63) is 23.8 Å². The van der Waals surface area contributed by atoms with Crippen molar-refractivity contribution in [3.63, 3.8) is 0 Å². The average molecular weight is 264 g/mol. The number of ether oxygens (including phenoxy) is 2. The van der Waals surface area contributed by atoms with Crippen LogP contribution in [-0.4, -0.2) is 33.5 Å². The highest BCUT2D eigenvalue weighted by atomic mass is 16.7. The highest BCUT2D eigenvalue weighted by Crippen LogP contribution is 2.32. The molecule has 0 fully saturated rings. The Morgan fingerprint density at radius 1 is 1.21 bits per heavy atom. The molecule has 0 aromatic heterocycles. The van der Waals surface area contributed by atoms with Crippen LogP contribution in [0.3, 0.4) is 0 Å². The average Bonchev–Trinajstić information content (AvgIpc) is 2.89. The Bertz CT molecular complexity index is 396. The molecule has 4 heteroatoms. The lowest BCUT2D eigenvalue weighted by atomic mass is 10.1. The van der Waals surface area contributed by atoms with Crippen LogP contribution in [0.4, 0.5) is 0 Å². The van der Waals surface area contributed by atoms with Gasteiger partial charge in [-0.15, -0.1) is 0 Å². The first-order valence-electron chi connectivity index (χ1n) is 7.07. The van der Waals surface area contributed by atoms with E-state index in [1.54, 1.807) is 0 Å². The van der Waals surface area contributed by atoms with E-state index < -0.39 is 0 Å². The summed E-state index contributed by atoms with van der Waals surface area (Å²) >= 11 is 0. The van der Waals surface area contributed by atoms with Gasteiger partial charge in [0, 0.05) is 0 Å². The highest BCUT2D eigenvalue weighted by molar-refractivity contribution is 5.44. The van der Waals surface area contributed by atoms with Crippen LogP contribution < -0.4 is 20.1 Å². The fourth-order valence-corrected chi connectivity index (χ4v) is 2.28. The van der Waals surface area contributed by atoms with Gasteiger partial charge in [-0.3, -0.25) is 0 Å². The van der Waals surface area contributed by atoms with Crippen molar-refractivity contribution in [3.8, 4) is 11.5 Å². The molecule has 0 bridgehead atoms. The lowest BCUT2D eigenvalue weighted by molar-refractivity contribution is 0.174. The minimum Gasteiger partial charge on any atom is -0.454 e. The van der Waals surface area contributed by atoms with E-state index in [2.05, 4.69) is 29.7 Å². The topological polar surface area (TPSA) is 42.5 Å². The van der Waals surface area contributed by atoms with Crippen LogP contribution in [0.5, 0.6) is 11.5 Å². The van der Waals surface area contributed by atoms with Gasteiger partial charge in [0.15, 0.2) is 11.5 Å². The zero-order valence-electron chi connectivity index (χ0n) is 11.9. The Balaban J connectivity index is 1.71. The van der Waals surface area contributed by atoms with Gasteiger partial charge in [0.2, 0.25) is 6.79 Å². The molecule has 19 heavy (non-hydrogen) atoms. The second-order valence-corrected chi connectivity index (χ2v) is 4.97. The van der Waals surface area contributed by atoms with Crippen molar-refractivity contribution in [1.82, 2.24) is 10.6 Å². The predicted octanol–water partition coefficient (Wildman–Crippen LogP) is 1.79. The van der Waals surface area contributed by atoms with Crippen LogP contribution in [-0.2, 0) is 6.42 Å². The Kier molecular flexibility index (Phi) is 5.48. The molecule has 4 nitrogen and oxygen atoms in total. The van der Waals surface area contributed by atoms with Gasteiger partial charge in [-0.2, -0.15) is 0 Å². The molecule has 0 amide bonds. The molecule has 1 aliphatic rings. The Morgan fingerprint density at radius 3 is 2.84 bits per heavy atom. The largest absolute Gasteiger partial charge is 0.454 e. The third-order valence-corrected chi connectivity index (χ3v) is 3.53. The molecule has 0 aliphatic carbocycles. The maximum atomic E-state index is 5.38. The molecule has 1 aromatic carbocycles. The van der Waals surface area contributed by atoms with Crippen molar-refractivity contribution in [2.45, 2.75) is 19.8 Å². The molecule has 0 radical (unpaired) electrons. The SMILES string of the molecule is CCC(CNC)CNCCc1ccc2c(c1)OCO2. The van der Waals surface area contributed by atoms with Gasteiger partial charge in [-0.1, -0.05) is 19.4 Å². The lowest BCUT2D eigenvalue weighted by Crippen LogP contribution is -2.30. The summed E-state index contributed by atoms with van der Waals surface area (Å²) in [5, 5.41) is 6.76. The van der Waals surface area contributed by atoms with Crippen molar-refractivity contribution in [2.75, 3.05) is 33.5 Å². The van der Waals surface area contributed by atoms with Gasteiger partial charge < -0.3 is 20.1 Å². The molecule has 1 aliphatic heterocycles. The van der Waals surface area contributed by atoms with Crippen molar-refractivity contribution in [2.24, 2.45) is 5.92 Å². The van der Waals surface area contributed by atoms with Gasteiger partial charge in [-0.25, -0.2) is 0 Å². The van der Waals surface area contributed by atoms with Gasteiger partial charge >= 0.3 is 0 Å². The Morgan fingerprint density at radius 2 is 2.05 bits per heavy atom. The molecule has 1 atom stereocenters. The first-order chi connectivity index (χ1) is 9.33. The Labute approximate surface area is 115 Å². The van der Waals surface area contributed by atoms with Crippen molar-refractivity contribution >= 4 is 0 Å². The van der Waals surface area contributed by atoms with Crippen molar-refractivity contribution < 1.29 is 9.47 Å². The minimum absolute atomic E-state index is 0.346. The molecule has 106 valence electrons. The summed E-state index contributed by atoms with van der Waals surface area (Å²) in [6.45, 7) is 5.73. The minimum atomic E-state index is 0.346. The van der Waals surface area contributed by atoms with E-state index in [4.69, 9.17) is 9.47 Å². The van der Waals surface area contributed by atoms with Crippen LogP contribution in [0.25, 0.3) is 0 Å². The quantitative estimate of drug-likeness (QED) is 0.703. The molecule has 0 spiro atoms. The zero-order chi connectivity index (χ0) is 13.5.